The van der Waals surface area contributed by atoms with Crippen LogP contribution in [0.15, 0.2) is 39.1 Å². The van der Waals surface area contributed by atoms with E-state index in [1.807, 2.05) is 13.8 Å². The SMILES string of the molecule is CCOc1cc([C@@H]2C(C(=O)OCCSCC)=C(C)NC3=C2C(=O)CCC3)cc(Br)c1O. The van der Waals surface area contributed by atoms with Gasteiger partial charge in [-0.2, -0.15) is 11.8 Å². The molecule has 0 amide bonds. The van der Waals surface area contributed by atoms with Gasteiger partial charge in [-0.05, 0) is 66.1 Å². The van der Waals surface area contributed by atoms with Crippen molar-refractivity contribution in [3.63, 3.8) is 0 Å². The number of halogens is 1. The number of esters is 1. The van der Waals surface area contributed by atoms with Crippen molar-refractivity contribution >= 4 is 39.4 Å². The predicted octanol–water partition coefficient (Wildman–Crippen LogP) is 4.82. The molecule has 1 aromatic carbocycles. The van der Waals surface area contributed by atoms with E-state index in [0.29, 0.717) is 52.3 Å². The van der Waals surface area contributed by atoms with E-state index in [1.165, 1.54) is 0 Å². The van der Waals surface area contributed by atoms with Crippen LogP contribution in [-0.2, 0) is 14.3 Å². The second-order valence-corrected chi connectivity index (χ2v) is 9.63. The Bertz CT molecular complexity index is 940. The lowest BCUT2D eigenvalue weighted by Gasteiger charge is -2.34. The summed E-state index contributed by atoms with van der Waals surface area (Å²) in [5, 5.41) is 13.6. The summed E-state index contributed by atoms with van der Waals surface area (Å²) in [6, 6.07) is 3.45. The number of allylic oxidation sites excluding steroid dienone is 3. The van der Waals surface area contributed by atoms with Crippen LogP contribution in [0.3, 0.4) is 0 Å². The third-order valence-electron chi connectivity index (χ3n) is 5.34. The molecule has 1 aliphatic heterocycles. The van der Waals surface area contributed by atoms with Crippen molar-refractivity contribution < 1.29 is 24.2 Å². The quantitative estimate of drug-likeness (QED) is 0.383. The highest BCUT2D eigenvalue weighted by Crippen LogP contribution is 2.46. The second kappa shape index (κ2) is 10.6. The van der Waals surface area contributed by atoms with Crippen molar-refractivity contribution in [1.29, 1.82) is 0 Å². The molecule has 6 nitrogen and oxygen atoms in total. The fourth-order valence-electron chi connectivity index (χ4n) is 4.03. The van der Waals surface area contributed by atoms with Crippen LogP contribution in [0.2, 0.25) is 0 Å². The number of phenolic OH excluding ortho intramolecular Hbond substituents is 1. The van der Waals surface area contributed by atoms with Gasteiger partial charge in [0.2, 0.25) is 0 Å². The Labute approximate surface area is 195 Å². The smallest absolute Gasteiger partial charge is 0.336 e. The average Bonchev–Trinajstić information content (AvgIpc) is 2.73. The number of aromatic hydroxyl groups is 1. The van der Waals surface area contributed by atoms with E-state index in [0.717, 1.165) is 30.0 Å². The van der Waals surface area contributed by atoms with Crippen LogP contribution in [0.1, 0.15) is 51.5 Å². The number of thioether (sulfide) groups is 1. The first-order valence-corrected chi connectivity index (χ1v) is 12.5. The molecule has 0 unspecified atom stereocenters. The van der Waals surface area contributed by atoms with Crippen LogP contribution in [0.5, 0.6) is 11.5 Å². The van der Waals surface area contributed by atoms with Crippen LogP contribution < -0.4 is 10.1 Å². The number of carbonyl (C=O) groups is 2. The zero-order valence-corrected chi connectivity index (χ0v) is 20.5. The maximum absolute atomic E-state index is 13.1. The number of phenols is 1. The molecule has 0 fully saturated rings. The highest BCUT2D eigenvalue weighted by atomic mass is 79.9. The maximum Gasteiger partial charge on any atom is 0.336 e. The first-order valence-electron chi connectivity index (χ1n) is 10.5. The van der Waals surface area contributed by atoms with E-state index in [9.17, 15) is 14.7 Å². The molecule has 3 rings (SSSR count). The van der Waals surface area contributed by atoms with Crippen molar-refractivity contribution in [3.05, 3.63) is 44.7 Å². The number of hydrogen-bond acceptors (Lipinski definition) is 7. The first-order chi connectivity index (χ1) is 14.9. The Morgan fingerprint density at radius 2 is 2.10 bits per heavy atom. The fraction of sp³-hybridized carbons (Fsp3) is 0.478. The summed E-state index contributed by atoms with van der Waals surface area (Å²) in [7, 11) is 0. The number of nitrogens with one attached hydrogen (secondary N) is 1. The molecular formula is C23H28BrNO5S. The highest BCUT2D eigenvalue weighted by molar-refractivity contribution is 9.10. The van der Waals surface area contributed by atoms with E-state index in [1.54, 1.807) is 23.9 Å². The third-order valence-corrected chi connectivity index (χ3v) is 6.81. The monoisotopic (exact) mass is 509 g/mol. The van der Waals surface area contributed by atoms with Gasteiger partial charge in [0.1, 0.15) is 6.61 Å². The third kappa shape index (κ3) is 5.12. The van der Waals surface area contributed by atoms with E-state index in [4.69, 9.17) is 9.47 Å². The molecular weight excluding hydrogens is 482 g/mol. The second-order valence-electron chi connectivity index (χ2n) is 7.38. The van der Waals surface area contributed by atoms with Gasteiger partial charge in [0, 0.05) is 35.1 Å². The van der Waals surface area contributed by atoms with Gasteiger partial charge in [0.25, 0.3) is 0 Å². The molecule has 1 atom stereocenters. The molecule has 8 heteroatoms. The minimum Gasteiger partial charge on any atom is -0.503 e. The van der Waals surface area contributed by atoms with Gasteiger partial charge in [-0.25, -0.2) is 4.79 Å². The molecule has 168 valence electrons. The zero-order chi connectivity index (χ0) is 22.5. The van der Waals surface area contributed by atoms with E-state index < -0.39 is 11.9 Å². The number of benzene rings is 1. The highest BCUT2D eigenvalue weighted by Gasteiger charge is 2.39. The maximum atomic E-state index is 13.1. The number of carbonyl (C=O) groups excluding carboxylic acids is 2. The molecule has 0 saturated carbocycles. The lowest BCUT2D eigenvalue weighted by atomic mass is 9.75. The van der Waals surface area contributed by atoms with Gasteiger partial charge in [-0.15, -0.1) is 0 Å². The average molecular weight is 510 g/mol. The molecule has 0 aromatic heterocycles. The molecule has 0 bridgehead atoms. The van der Waals surface area contributed by atoms with E-state index >= 15 is 0 Å². The Kier molecular flexibility index (Phi) is 8.11. The molecule has 1 aromatic rings. The largest absolute Gasteiger partial charge is 0.503 e. The van der Waals surface area contributed by atoms with Gasteiger partial charge >= 0.3 is 5.97 Å². The summed E-state index contributed by atoms with van der Waals surface area (Å²) in [5.74, 6) is 0.991. The lowest BCUT2D eigenvalue weighted by Crippen LogP contribution is -2.34. The zero-order valence-electron chi connectivity index (χ0n) is 18.0. The summed E-state index contributed by atoms with van der Waals surface area (Å²) < 4.78 is 11.6. The molecule has 0 radical (unpaired) electrons. The molecule has 0 saturated heterocycles. The van der Waals surface area contributed by atoms with Crippen LogP contribution in [-0.4, -0.2) is 41.6 Å². The number of hydrogen-bond donors (Lipinski definition) is 2. The van der Waals surface area contributed by atoms with Crippen molar-refractivity contribution in [2.45, 2.75) is 46.0 Å². The normalized spacial score (nSPS) is 18.6. The predicted molar refractivity (Wildman–Crippen MR) is 125 cm³/mol. The Morgan fingerprint density at radius 1 is 1.32 bits per heavy atom. The number of ether oxygens (including phenoxy) is 2. The summed E-state index contributed by atoms with van der Waals surface area (Å²) in [6.07, 6.45) is 1.98. The molecule has 2 aliphatic rings. The van der Waals surface area contributed by atoms with Crippen molar-refractivity contribution in [3.8, 4) is 11.5 Å². The van der Waals surface area contributed by atoms with Crippen LogP contribution >= 0.6 is 27.7 Å². The van der Waals surface area contributed by atoms with Gasteiger partial charge in [-0.3, -0.25) is 4.79 Å². The molecule has 1 aliphatic carbocycles. The van der Waals surface area contributed by atoms with E-state index in [-0.39, 0.29) is 11.5 Å². The van der Waals surface area contributed by atoms with Crippen LogP contribution in [0.4, 0.5) is 0 Å². The fourth-order valence-corrected chi connectivity index (χ4v) is 4.98. The lowest BCUT2D eigenvalue weighted by molar-refractivity contribution is -0.138. The summed E-state index contributed by atoms with van der Waals surface area (Å²) >= 11 is 5.09. The molecule has 1 heterocycles. The van der Waals surface area contributed by atoms with Gasteiger partial charge in [0.15, 0.2) is 17.3 Å². The van der Waals surface area contributed by atoms with Gasteiger partial charge < -0.3 is 19.9 Å². The molecule has 31 heavy (non-hydrogen) atoms. The van der Waals surface area contributed by atoms with E-state index in [2.05, 4.69) is 28.2 Å². The molecule has 2 N–H and O–H groups in total. The number of Topliss-reactive ketones (excluding diaryl/α,β-unsaturated/α-hetero) is 1. The Balaban J connectivity index is 2.08. The van der Waals surface area contributed by atoms with Crippen LogP contribution in [0, 0.1) is 0 Å². The minimum absolute atomic E-state index is 0.00914. The minimum atomic E-state index is -0.577. The standard InChI is InChI=1S/C23H28BrNO5S/c1-4-29-18-12-14(11-15(24)22(18)27)20-19(23(28)30-9-10-31-5-2)13(3)25-16-7-6-8-17(26)21(16)20/h11-12,20,25,27H,4-10H2,1-3H3/t20-/m1/s1. The number of ketones is 1. The van der Waals surface area contributed by atoms with Crippen LogP contribution in [0.25, 0.3) is 0 Å². The summed E-state index contributed by atoms with van der Waals surface area (Å²) in [5.41, 5.74) is 3.28. The topological polar surface area (TPSA) is 84.9 Å². The Morgan fingerprint density at radius 3 is 2.81 bits per heavy atom. The Hall–Kier alpha value is -1.93. The number of dihydropyridines is 1. The summed E-state index contributed by atoms with van der Waals surface area (Å²) in [6.45, 7) is 6.41. The van der Waals surface area contributed by atoms with Crippen molar-refractivity contribution in [2.24, 2.45) is 0 Å². The summed E-state index contributed by atoms with van der Waals surface area (Å²) in [4.78, 5) is 26.1. The van der Waals surface area contributed by atoms with Gasteiger partial charge in [0.05, 0.1) is 16.7 Å². The van der Waals surface area contributed by atoms with Crippen molar-refractivity contribution in [1.82, 2.24) is 5.32 Å². The van der Waals surface area contributed by atoms with Gasteiger partial charge in [-0.1, -0.05) is 6.92 Å². The molecule has 0 spiro atoms. The van der Waals surface area contributed by atoms with Crippen molar-refractivity contribution in [2.75, 3.05) is 24.7 Å². The first kappa shape index (κ1) is 23.7. The number of rotatable bonds is 8.